The SMILES string of the molecule is COC(=O)CSc1nnc([C@H](C)N(C)C)n1-c1ccc(Cl)cc1. The fourth-order valence-corrected chi connectivity index (χ4v) is 2.81. The van der Waals surface area contributed by atoms with Crippen LogP contribution in [0.25, 0.3) is 5.69 Å². The molecule has 0 aliphatic rings. The molecule has 0 spiro atoms. The van der Waals surface area contributed by atoms with Crippen molar-refractivity contribution in [1.82, 2.24) is 19.7 Å². The van der Waals surface area contributed by atoms with Gasteiger partial charge in [0.15, 0.2) is 11.0 Å². The van der Waals surface area contributed by atoms with E-state index in [1.165, 1.54) is 18.9 Å². The first kappa shape index (κ1) is 17.8. The molecule has 2 rings (SSSR count). The van der Waals surface area contributed by atoms with Crippen LogP contribution in [0.2, 0.25) is 5.02 Å². The number of methoxy groups -OCH3 is 1. The molecule has 124 valence electrons. The number of ether oxygens (including phenoxy) is 1. The number of carbonyl (C=O) groups is 1. The number of hydrogen-bond acceptors (Lipinski definition) is 6. The lowest BCUT2D eigenvalue weighted by Gasteiger charge is -2.20. The summed E-state index contributed by atoms with van der Waals surface area (Å²) in [5.74, 6) is 0.672. The molecule has 0 aliphatic heterocycles. The Morgan fingerprint density at radius 2 is 2.00 bits per heavy atom. The minimum Gasteiger partial charge on any atom is -0.468 e. The van der Waals surface area contributed by atoms with Crippen LogP contribution in [0.4, 0.5) is 0 Å². The zero-order valence-corrected chi connectivity index (χ0v) is 15.1. The van der Waals surface area contributed by atoms with Gasteiger partial charge in [0.25, 0.3) is 0 Å². The van der Waals surface area contributed by atoms with Crippen LogP contribution in [-0.4, -0.2) is 52.6 Å². The standard InChI is InChI=1S/C15H19ClN4O2S/c1-10(19(2)3)14-17-18-15(23-9-13(21)22-4)20(14)12-7-5-11(16)6-8-12/h5-8,10H,9H2,1-4H3/t10-/m0/s1. The molecule has 0 saturated carbocycles. The lowest BCUT2D eigenvalue weighted by molar-refractivity contribution is -0.137. The van der Waals surface area contributed by atoms with Crippen molar-refractivity contribution in [2.45, 2.75) is 18.1 Å². The van der Waals surface area contributed by atoms with Crippen LogP contribution in [0.3, 0.4) is 0 Å². The number of rotatable bonds is 6. The summed E-state index contributed by atoms with van der Waals surface area (Å²) in [5, 5.41) is 9.84. The average Bonchev–Trinajstić information content (AvgIpc) is 2.96. The summed E-state index contributed by atoms with van der Waals surface area (Å²) >= 11 is 7.26. The molecule has 1 atom stereocenters. The van der Waals surface area contributed by atoms with Crippen molar-refractivity contribution >= 4 is 29.3 Å². The third-order valence-corrected chi connectivity index (χ3v) is 4.59. The predicted octanol–water partition coefficient (Wildman–Crippen LogP) is 2.81. The summed E-state index contributed by atoms with van der Waals surface area (Å²) in [6.45, 7) is 2.05. The zero-order valence-electron chi connectivity index (χ0n) is 13.5. The fourth-order valence-electron chi connectivity index (χ4n) is 1.89. The van der Waals surface area contributed by atoms with Gasteiger partial charge in [0, 0.05) is 10.7 Å². The van der Waals surface area contributed by atoms with E-state index in [-0.39, 0.29) is 17.8 Å². The Labute approximate surface area is 144 Å². The number of halogens is 1. The number of carbonyl (C=O) groups excluding carboxylic acids is 1. The Morgan fingerprint density at radius 3 is 2.57 bits per heavy atom. The Hall–Kier alpha value is -1.57. The van der Waals surface area contributed by atoms with Crippen LogP contribution in [-0.2, 0) is 9.53 Å². The maximum absolute atomic E-state index is 11.4. The average molecular weight is 355 g/mol. The van der Waals surface area contributed by atoms with Crippen molar-refractivity contribution < 1.29 is 9.53 Å². The maximum atomic E-state index is 11.4. The molecular weight excluding hydrogens is 336 g/mol. The molecule has 1 heterocycles. The minimum absolute atomic E-state index is 0.0608. The lowest BCUT2D eigenvalue weighted by atomic mass is 10.2. The van der Waals surface area contributed by atoms with E-state index in [0.29, 0.717) is 10.2 Å². The molecule has 8 heteroatoms. The second kappa shape index (κ2) is 7.81. The first-order chi connectivity index (χ1) is 10.9. The van der Waals surface area contributed by atoms with Gasteiger partial charge < -0.3 is 4.74 Å². The van der Waals surface area contributed by atoms with E-state index in [2.05, 4.69) is 14.9 Å². The molecule has 6 nitrogen and oxygen atoms in total. The monoisotopic (exact) mass is 354 g/mol. The van der Waals surface area contributed by atoms with Crippen molar-refractivity contribution in [2.24, 2.45) is 0 Å². The Bertz CT molecular complexity index is 673. The van der Waals surface area contributed by atoms with Crippen LogP contribution in [0.1, 0.15) is 18.8 Å². The van der Waals surface area contributed by atoms with Gasteiger partial charge in [-0.15, -0.1) is 10.2 Å². The van der Waals surface area contributed by atoms with Crippen molar-refractivity contribution in [3.8, 4) is 5.69 Å². The summed E-state index contributed by atoms with van der Waals surface area (Å²) in [5.41, 5.74) is 0.899. The molecule has 0 unspecified atom stereocenters. The fraction of sp³-hybridized carbons (Fsp3) is 0.400. The van der Waals surface area contributed by atoms with E-state index < -0.39 is 0 Å². The van der Waals surface area contributed by atoms with Gasteiger partial charge in [0.1, 0.15) is 0 Å². The Kier molecular flexibility index (Phi) is 6.04. The van der Waals surface area contributed by atoms with Crippen LogP contribution < -0.4 is 0 Å². The van der Waals surface area contributed by atoms with Crippen molar-refractivity contribution in [2.75, 3.05) is 27.0 Å². The Balaban J connectivity index is 2.42. The quantitative estimate of drug-likeness (QED) is 0.587. The second-order valence-electron chi connectivity index (χ2n) is 5.16. The van der Waals surface area contributed by atoms with E-state index in [4.69, 9.17) is 11.6 Å². The third-order valence-electron chi connectivity index (χ3n) is 3.44. The second-order valence-corrected chi connectivity index (χ2v) is 6.54. The molecule has 0 aliphatic carbocycles. The summed E-state index contributed by atoms with van der Waals surface area (Å²) in [4.78, 5) is 13.4. The van der Waals surface area contributed by atoms with Gasteiger partial charge in [-0.25, -0.2) is 0 Å². The largest absolute Gasteiger partial charge is 0.468 e. The zero-order chi connectivity index (χ0) is 17.0. The molecule has 0 amide bonds. The number of nitrogens with zero attached hydrogens (tertiary/aromatic N) is 4. The molecule has 23 heavy (non-hydrogen) atoms. The van der Waals surface area contributed by atoms with E-state index >= 15 is 0 Å². The number of hydrogen-bond donors (Lipinski definition) is 0. The van der Waals surface area contributed by atoms with Crippen molar-refractivity contribution in [1.29, 1.82) is 0 Å². The molecule has 0 fully saturated rings. The van der Waals surface area contributed by atoms with Gasteiger partial charge in [-0.1, -0.05) is 23.4 Å². The molecule has 2 aromatic rings. The lowest BCUT2D eigenvalue weighted by Crippen LogP contribution is -2.20. The summed E-state index contributed by atoms with van der Waals surface area (Å²) < 4.78 is 6.62. The highest BCUT2D eigenvalue weighted by Crippen LogP contribution is 2.27. The Morgan fingerprint density at radius 1 is 1.35 bits per heavy atom. The maximum Gasteiger partial charge on any atom is 0.316 e. The molecule has 0 radical (unpaired) electrons. The van der Waals surface area contributed by atoms with Gasteiger partial charge in [-0.05, 0) is 45.3 Å². The van der Waals surface area contributed by atoms with Crippen LogP contribution in [0.15, 0.2) is 29.4 Å². The third kappa shape index (κ3) is 4.25. The molecule has 0 saturated heterocycles. The first-order valence-electron chi connectivity index (χ1n) is 7.01. The number of benzene rings is 1. The molecule has 0 N–H and O–H groups in total. The van der Waals surface area contributed by atoms with Crippen LogP contribution in [0.5, 0.6) is 0 Å². The van der Waals surface area contributed by atoms with Crippen LogP contribution >= 0.6 is 23.4 Å². The molecule has 1 aromatic heterocycles. The number of aromatic nitrogens is 3. The summed E-state index contributed by atoms with van der Waals surface area (Å²) in [6, 6.07) is 7.50. The van der Waals surface area contributed by atoms with E-state index in [9.17, 15) is 4.79 Å². The summed E-state index contributed by atoms with van der Waals surface area (Å²) in [7, 11) is 5.33. The molecule has 1 aromatic carbocycles. The normalized spacial score (nSPS) is 12.4. The number of thioether (sulfide) groups is 1. The highest BCUT2D eigenvalue weighted by molar-refractivity contribution is 7.99. The van der Waals surface area contributed by atoms with Gasteiger partial charge in [0.05, 0.1) is 18.9 Å². The smallest absolute Gasteiger partial charge is 0.316 e. The summed E-state index contributed by atoms with van der Waals surface area (Å²) in [6.07, 6.45) is 0. The van der Waals surface area contributed by atoms with Crippen LogP contribution in [0, 0.1) is 0 Å². The highest BCUT2D eigenvalue weighted by atomic mass is 35.5. The minimum atomic E-state index is -0.303. The molecular formula is C15H19ClN4O2S. The van der Waals surface area contributed by atoms with Gasteiger partial charge >= 0.3 is 5.97 Å². The first-order valence-corrected chi connectivity index (χ1v) is 8.37. The molecule has 0 bridgehead atoms. The number of esters is 1. The van der Waals surface area contributed by atoms with Crippen molar-refractivity contribution in [3.05, 3.63) is 35.1 Å². The van der Waals surface area contributed by atoms with Crippen molar-refractivity contribution in [3.63, 3.8) is 0 Å². The van der Waals surface area contributed by atoms with E-state index in [1.54, 1.807) is 0 Å². The van der Waals surface area contributed by atoms with Gasteiger partial charge in [-0.2, -0.15) is 0 Å². The predicted molar refractivity (Wildman–Crippen MR) is 91.2 cm³/mol. The van der Waals surface area contributed by atoms with Gasteiger partial charge in [-0.3, -0.25) is 14.3 Å². The van der Waals surface area contributed by atoms with E-state index in [1.807, 2.05) is 54.8 Å². The van der Waals surface area contributed by atoms with E-state index in [0.717, 1.165) is 11.5 Å². The van der Waals surface area contributed by atoms with Gasteiger partial charge in [0.2, 0.25) is 0 Å². The topological polar surface area (TPSA) is 60.2 Å². The highest BCUT2D eigenvalue weighted by Gasteiger charge is 2.21.